The highest BCUT2D eigenvalue weighted by atomic mass is 32.2. The first-order valence-electron chi connectivity index (χ1n) is 9.21. The molecule has 0 unspecified atom stereocenters. The second-order valence-corrected chi connectivity index (χ2v) is 9.95. The highest BCUT2D eigenvalue weighted by Crippen LogP contribution is 2.20. The number of hydrogen-bond acceptors (Lipinski definition) is 7. The molecule has 0 radical (unpaired) electrons. The third kappa shape index (κ3) is 7.72. The SMILES string of the molecule is CC(C)[C@@H]([NH3+])C(=O)N[C@@H]1C=C(C(=O)N[C@@H](CCS(C)(=O)=O)C(N)=O)C[C@@H](O)[C@@H]1O. The maximum atomic E-state index is 12.5. The number of carbonyl (C=O) groups excluding carboxylic acids is 3. The third-order valence-electron chi connectivity index (χ3n) is 4.74. The van der Waals surface area contributed by atoms with Crippen LogP contribution in [-0.4, -0.2) is 78.7 Å². The Morgan fingerprint density at radius 3 is 2.38 bits per heavy atom. The highest BCUT2D eigenvalue weighted by Gasteiger charge is 2.36. The van der Waals surface area contributed by atoms with Crippen molar-refractivity contribution in [3.8, 4) is 0 Å². The zero-order valence-corrected chi connectivity index (χ0v) is 17.6. The molecule has 0 aliphatic heterocycles. The smallest absolute Gasteiger partial charge is 0.278 e. The van der Waals surface area contributed by atoms with Crippen molar-refractivity contribution in [3.63, 3.8) is 0 Å². The summed E-state index contributed by atoms with van der Waals surface area (Å²) in [6, 6.07) is -2.85. The van der Waals surface area contributed by atoms with Gasteiger partial charge in [-0.2, -0.15) is 0 Å². The van der Waals surface area contributed by atoms with E-state index in [0.29, 0.717) is 0 Å². The fourth-order valence-corrected chi connectivity index (χ4v) is 3.37. The molecule has 0 heterocycles. The van der Waals surface area contributed by atoms with Crippen LogP contribution in [0.15, 0.2) is 11.6 Å². The van der Waals surface area contributed by atoms with Crippen LogP contribution in [0.1, 0.15) is 26.7 Å². The van der Waals surface area contributed by atoms with Gasteiger partial charge in [0.2, 0.25) is 11.8 Å². The van der Waals surface area contributed by atoms with Crippen LogP contribution in [0.2, 0.25) is 0 Å². The monoisotopic (exact) mass is 435 g/mol. The predicted molar refractivity (Wildman–Crippen MR) is 104 cm³/mol. The predicted octanol–water partition coefficient (Wildman–Crippen LogP) is -3.81. The maximum absolute atomic E-state index is 12.5. The standard InChI is InChI=1S/C17H30N4O7S/c1-8(2)13(18)17(26)21-11-6-9(7-12(22)14(11)23)16(25)20-10(15(19)24)4-5-29(3,27)28/h6,8,10-14,22-23H,4-5,7,18H2,1-3H3,(H2,19,24)(H,20,25)(H,21,26)/p+1/t10-,11+,12+,13+,14+/m0/s1. The lowest BCUT2D eigenvalue weighted by Crippen LogP contribution is -2.71. The van der Waals surface area contributed by atoms with E-state index in [4.69, 9.17) is 5.73 Å². The molecule has 3 amide bonds. The zero-order valence-electron chi connectivity index (χ0n) is 16.8. The van der Waals surface area contributed by atoms with Crippen molar-refractivity contribution in [2.45, 2.75) is 57.0 Å². The number of aliphatic hydroxyl groups is 2. The van der Waals surface area contributed by atoms with Gasteiger partial charge < -0.3 is 32.3 Å². The fraction of sp³-hybridized carbons (Fsp3) is 0.706. The first kappa shape index (κ1) is 25.0. The number of carbonyl (C=O) groups is 3. The summed E-state index contributed by atoms with van der Waals surface area (Å²) in [6.45, 7) is 3.61. The van der Waals surface area contributed by atoms with Crippen LogP contribution in [0.5, 0.6) is 0 Å². The number of sulfone groups is 1. The van der Waals surface area contributed by atoms with Gasteiger partial charge in [0.25, 0.3) is 5.91 Å². The molecule has 0 aromatic rings. The molecule has 1 aliphatic rings. The number of nitrogens with two attached hydrogens (primary N) is 1. The van der Waals surface area contributed by atoms with E-state index in [1.165, 1.54) is 6.08 Å². The summed E-state index contributed by atoms with van der Waals surface area (Å²) in [4.78, 5) is 36.3. The minimum Gasteiger partial charge on any atom is -0.390 e. The molecule has 0 aromatic carbocycles. The van der Waals surface area contributed by atoms with Crippen molar-refractivity contribution in [2.24, 2.45) is 11.7 Å². The van der Waals surface area contributed by atoms with Gasteiger partial charge in [-0.3, -0.25) is 14.4 Å². The number of quaternary nitrogens is 1. The Morgan fingerprint density at radius 2 is 1.90 bits per heavy atom. The van der Waals surface area contributed by atoms with E-state index >= 15 is 0 Å². The van der Waals surface area contributed by atoms with Crippen molar-refractivity contribution in [1.82, 2.24) is 10.6 Å². The van der Waals surface area contributed by atoms with E-state index in [1.807, 2.05) is 0 Å². The summed E-state index contributed by atoms with van der Waals surface area (Å²) >= 11 is 0. The lowest BCUT2D eigenvalue weighted by atomic mass is 9.89. The summed E-state index contributed by atoms with van der Waals surface area (Å²) < 4.78 is 22.6. The molecule has 0 aromatic heterocycles. The van der Waals surface area contributed by atoms with Crippen molar-refractivity contribution in [1.29, 1.82) is 0 Å². The molecular formula is C17H31N4O7S+. The molecular weight excluding hydrogens is 404 g/mol. The van der Waals surface area contributed by atoms with Gasteiger partial charge in [-0.25, -0.2) is 8.42 Å². The molecule has 29 heavy (non-hydrogen) atoms. The molecule has 9 N–H and O–H groups in total. The van der Waals surface area contributed by atoms with Gasteiger partial charge in [0.1, 0.15) is 22.0 Å². The van der Waals surface area contributed by atoms with Crippen LogP contribution in [-0.2, 0) is 24.2 Å². The molecule has 0 fully saturated rings. The molecule has 0 saturated heterocycles. The minimum atomic E-state index is -3.37. The lowest BCUT2D eigenvalue weighted by molar-refractivity contribution is -0.414. The largest absolute Gasteiger partial charge is 0.390 e. The summed E-state index contributed by atoms with van der Waals surface area (Å²) in [7, 11) is -3.37. The van der Waals surface area contributed by atoms with Crippen molar-refractivity contribution in [2.75, 3.05) is 12.0 Å². The van der Waals surface area contributed by atoms with Gasteiger partial charge in [0.05, 0.1) is 17.9 Å². The summed E-state index contributed by atoms with van der Waals surface area (Å²) in [5, 5.41) is 25.1. The number of hydrogen-bond donors (Lipinski definition) is 6. The summed E-state index contributed by atoms with van der Waals surface area (Å²) in [5.74, 6) is -2.50. The van der Waals surface area contributed by atoms with Crippen molar-refractivity contribution in [3.05, 3.63) is 11.6 Å². The Balaban J connectivity index is 2.94. The molecule has 5 atom stereocenters. The number of rotatable bonds is 9. The minimum absolute atomic E-state index is 0.0314. The van der Waals surface area contributed by atoms with E-state index in [0.717, 1.165) is 6.26 Å². The Labute approximate surface area is 169 Å². The Bertz CT molecular complexity index is 766. The normalized spacial score (nSPS) is 24.4. The van der Waals surface area contributed by atoms with Crippen LogP contribution in [0.4, 0.5) is 0 Å². The Hall–Kier alpha value is -2.02. The number of primary amides is 1. The van der Waals surface area contributed by atoms with Gasteiger partial charge >= 0.3 is 0 Å². The Morgan fingerprint density at radius 1 is 1.31 bits per heavy atom. The van der Waals surface area contributed by atoms with E-state index < -0.39 is 57.9 Å². The molecule has 1 aliphatic carbocycles. The molecule has 0 bridgehead atoms. The molecule has 0 saturated carbocycles. The molecule has 1 rings (SSSR count). The number of aliphatic hydroxyl groups excluding tert-OH is 2. The fourth-order valence-electron chi connectivity index (χ4n) is 2.71. The molecule has 0 spiro atoms. The quantitative estimate of drug-likeness (QED) is 0.213. The van der Waals surface area contributed by atoms with E-state index in [-0.39, 0.29) is 30.1 Å². The third-order valence-corrected chi connectivity index (χ3v) is 5.72. The maximum Gasteiger partial charge on any atom is 0.278 e. The van der Waals surface area contributed by atoms with E-state index in [1.54, 1.807) is 13.8 Å². The van der Waals surface area contributed by atoms with Crippen molar-refractivity contribution < 1.29 is 38.7 Å². The first-order valence-corrected chi connectivity index (χ1v) is 11.3. The van der Waals surface area contributed by atoms with Gasteiger partial charge in [-0.05, 0) is 6.42 Å². The average Bonchev–Trinajstić information content (AvgIpc) is 2.59. The van der Waals surface area contributed by atoms with Gasteiger partial charge in [0.15, 0.2) is 6.04 Å². The van der Waals surface area contributed by atoms with Gasteiger partial charge in [-0.1, -0.05) is 19.9 Å². The van der Waals surface area contributed by atoms with Crippen LogP contribution in [0.25, 0.3) is 0 Å². The molecule has 166 valence electrons. The molecule has 11 nitrogen and oxygen atoms in total. The van der Waals surface area contributed by atoms with E-state index in [2.05, 4.69) is 16.4 Å². The molecule has 12 heteroatoms. The number of amides is 3. The summed E-state index contributed by atoms with van der Waals surface area (Å²) in [6.07, 6.45) is -0.769. The van der Waals surface area contributed by atoms with Crippen LogP contribution in [0, 0.1) is 5.92 Å². The number of nitrogens with one attached hydrogen (secondary N) is 2. The average molecular weight is 436 g/mol. The second kappa shape index (κ2) is 10.1. The first-order chi connectivity index (χ1) is 13.2. The lowest BCUT2D eigenvalue weighted by Gasteiger charge is -2.32. The van der Waals surface area contributed by atoms with Crippen molar-refractivity contribution >= 4 is 27.6 Å². The van der Waals surface area contributed by atoms with E-state index in [9.17, 15) is 33.0 Å². The Kier molecular flexibility index (Phi) is 8.75. The van der Waals surface area contributed by atoms with Crippen LogP contribution >= 0.6 is 0 Å². The van der Waals surface area contributed by atoms with Gasteiger partial charge in [0, 0.05) is 24.2 Å². The zero-order chi connectivity index (χ0) is 22.5. The van der Waals surface area contributed by atoms with Gasteiger partial charge in [-0.15, -0.1) is 0 Å². The summed E-state index contributed by atoms with van der Waals surface area (Å²) in [5.41, 5.74) is 9.00. The second-order valence-electron chi connectivity index (χ2n) is 7.69. The van der Waals surface area contributed by atoms with Crippen LogP contribution < -0.4 is 22.1 Å². The van der Waals surface area contributed by atoms with Crippen LogP contribution in [0.3, 0.4) is 0 Å². The highest BCUT2D eigenvalue weighted by molar-refractivity contribution is 7.90. The topological polar surface area (TPSA) is 204 Å².